The second kappa shape index (κ2) is 6.79. The van der Waals surface area contributed by atoms with Crippen molar-refractivity contribution in [3.8, 4) is 0 Å². The van der Waals surface area contributed by atoms with E-state index in [2.05, 4.69) is 23.9 Å². The van der Waals surface area contributed by atoms with Crippen LogP contribution in [0.1, 0.15) is 65.2 Å². The molecule has 2 rings (SSSR count). The molecular formula is C16H31N3O. The van der Waals surface area contributed by atoms with Gasteiger partial charge in [-0.2, -0.15) is 0 Å². The molecular weight excluding hydrogens is 250 g/mol. The molecule has 1 saturated heterocycles. The first-order chi connectivity index (χ1) is 9.54. The van der Waals surface area contributed by atoms with E-state index in [1.807, 2.05) is 0 Å². The molecule has 2 atom stereocenters. The van der Waals surface area contributed by atoms with Crippen molar-refractivity contribution in [1.29, 1.82) is 0 Å². The fourth-order valence-electron chi connectivity index (χ4n) is 3.93. The topological polar surface area (TPSA) is 61.8 Å². The summed E-state index contributed by atoms with van der Waals surface area (Å²) in [6, 6.07) is 0.876. The first-order valence-electron chi connectivity index (χ1n) is 8.26. The summed E-state index contributed by atoms with van der Waals surface area (Å²) in [7, 11) is 0. The molecule has 0 spiro atoms. The normalized spacial score (nSPS) is 28.6. The highest BCUT2D eigenvalue weighted by molar-refractivity contribution is 5.85. The Kier molecular flexibility index (Phi) is 5.30. The molecule has 0 aromatic rings. The minimum Gasteiger partial charge on any atom is -0.409 e. The summed E-state index contributed by atoms with van der Waals surface area (Å²) < 4.78 is 0. The fraction of sp³-hybridized carbons (Fsp3) is 0.938. The summed E-state index contributed by atoms with van der Waals surface area (Å²) in [5.74, 6) is 1.34. The van der Waals surface area contributed by atoms with Crippen molar-refractivity contribution in [1.82, 2.24) is 4.90 Å². The van der Waals surface area contributed by atoms with Gasteiger partial charge in [0.25, 0.3) is 0 Å². The van der Waals surface area contributed by atoms with E-state index in [4.69, 9.17) is 10.9 Å². The molecule has 2 aliphatic rings. The Labute approximate surface area is 123 Å². The van der Waals surface area contributed by atoms with Gasteiger partial charge in [-0.05, 0) is 51.1 Å². The SMILES string of the molecule is CC(C)(CCCCN1CCC2CCCCC21)C(N)=NO. The van der Waals surface area contributed by atoms with Crippen LogP contribution in [0.25, 0.3) is 0 Å². The Morgan fingerprint density at radius 1 is 1.25 bits per heavy atom. The maximum atomic E-state index is 8.78. The van der Waals surface area contributed by atoms with Gasteiger partial charge in [0, 0.05) is 11.5 Å². The maximum absolute atomic E-state index is 8.78. The Hall–Kier alpha value is -0.770. The van der Waals surface area contributed by atoms with Gasteiger partial charge >= 0.3 is 0 Å². The van der Waals surface area contributed by atoms with Crippen molar-refractivity contribution in [3.63, 3.8) is 0 Å². The number of likely N-dealkylation sites (tertiary alicyclic amines) is 1. The zero-order valence-corrected chi connectivity index (χ0v) is 13.1. The van der Waals surface area contributed by atoms with Crippen molar-refractivity contribution in [2.45, 2.75) is 71.3 Å². The predicted octanol–water partition coefficient (Wildman–Crippen LogP) is 3.19. The minimum atomic E-state index is -0.187. The summed E-state index contributed by atoms with van der Waals surface area (Å²) in [4.78, 5) is 2.72. The van der Waals surface area contributed by atoms with Crippen LogP contribution in [0.5, 0.6) is 0 Å². The summed E-state index contributed by atoms with van der Waals surface area (Å²) in [6.07, 6.45) is 10.5. The zero-order valence-electron chi connectivity index (χ0n) is 13.1. The third-order valence-corrected chi connectivity index (χ3v) is 5.42. The monoisotopic (exact) mass is 281 g/mol. The molecule has 3 N–H and O–H groups in total. The molecule has 20 heavy (non-hydrogen) atoms. The number of nitrogens with two attached hydrogens (primary N) is 1. The Morgan fingerprint density at radius 3 is 2.75 bits per heavy atom. The van der Waals surface area contributed by atoms with E-state index in [9.17, 15) is 0 Å². The highest BCUT2D eigenvalue weighted by atomic mass is 16.4. The van der Waals surface area contributed by atoms with Crippen LogP contribution in [-0.2, 0) is 0 Å². The van der Waals surface area contributed by atoms with E-state index >= 15 is 0 Å². The molecule has 1 heterocycles. The summed E-state index contributed by atoms with van der Waals surface area (Å²) in [5, 5.41) is 11.9. The quantitative estimate of drug-likeness (QED) is 0.258. The highest BCUT2D eigenvalue weighted by Crippen LogP contribution is 2.36. The second-order valence-corrected chi connectivity index (χ2v) is 7.26. The van der Waals surface area contributed by atoms with Crippen LogP contribution in [0.2, 0.25) is 0 Å². The van der Waals surface area contributed by atoms with Gasteiger partial charge in [-0.15, -0.1) is 0 Å². The Morgan fingerprint density at radius 2 is 2.00 bits per heavy atom. The van der Waals surface area contributed by atoms with Gasteiger partial charge in [-0.1, -0.05) is 38.3 Å². The molecule has 0 bridgehead atoms. The predicted molar refractivity (Wildman–Crippen MR) is 83.0 cm³/mol. The first-order valence-corrected chi connectivity index (χ1v) is 8.26. The van der Waals surface area contributed by atoms with Gasteiger partial charge in [-0.3, -0.25) is 0 Å². The molecule has 2 fully saturated rings. The van der Waals surface area contributed by atoms with Gasteiger partial charge in [0.15, 0.2) is 0 Å². The number of hydrogen-bond acceptors (Lipinski definition) is 3. The van der Waals surface area contributed by atoms with Crippen molar-refractivity contribution in [3.05, 3.63) is 0 Å². The van der Waals surface area contributed by atoms with Crippen LogP contribution >= 0.6 is 0 Å². The lowest BCUT2D eigenvalue weighted by atomic mass is 9.85. The number of unbranched alkanes of at least 4 members (excludes halogenated alkanes) is 1. The summed E-state index contributed by atoms with van der Waals surface area (Å²) in [6.45, 7) is 6.64. The van der Waals surface area contributed by atoms with Crippen LogP contribution < -0.4 is 5.73 Å². The summed E-state index contributed by atoms with van der Waals surface area (Å²) in [5.41, 5.74) is 5.54. The summed E-state index contributed by atoms with van der Waals surface area (Å²) >= 11 is 0. The van der Waals surface area contributed by atoms with Crippen molar-refractivity contribution < 1.29 is 5.21 Å². The fourth-order valence-corrected chi connectivity index (χ4v) is 3.93. The minimum absolute atomic E-state index is 0.187. The largest absolute Gasteiger partial charge is 0.409 e. The number of fused-ring (bicyclic) bond motifs is 1. The molecule has 1 saturated carbocycles. The Balaban J connectivity index is 1.69. The van der Waals surface area contributed by atoms with Gasteiger partial charge in [0.2, 0.25) is 0 Å². The van der Waals surface area contributed by atoms with E-state index in [0.29, 0.717) is 5.84 Å². The molecule has 0 radical (unpaired) electrons. The number of rotatable bonds is 6. The number of oxime groups is 1. The average molecular weight is 281 g/mol. The van der Waals surface area contributed by atoms with E-state index in [0.717, 1.165) is 24.8 Å². The molecule has 116 valence electrons. The lowest BCUT2D eigenvalue weighted by Gasteiger charge is -2.32. The lowest BCUT2D eigenvalue weighted by Crippen LogP contribution is -2.35. The van der Waals surface area contributed by atoms with Crippen molar-refractivity contribution in [2.24, 2.45) is 22.2 Å². The van der Waals surface area contributed by atoms with Crippen LogP contribution in [0, 0.1) is 11.3 Å². The van der Waals surface area contributed by atoms with Gasteiger partial charge in [0.1, 0.15) is 5.84 Å². The van der Waals surface area contributed by atoms with Gasteiger partial charge in [0.05, 0.1) is 0 Å². The molecule has 4 heteroatoms. The van der Waals surface area contributed by atoms with E-state index in [1.165, 1.54) is 51.6 Å². The van der Waals surface area contributed by atoms with Crippen LogP contribution in [-0.4, -0.2) is 35.1 Å². The molecule has 0 amide bonds. The van der Waals surface area contributed by atoms with Crippen LogP contribution in [0.4, 0.5) is 0 Å². The molecule has 1 aliphatic heterocycles. The molecule has 4 nitrogen and oxygen atoms in total. The first kappa shape index (κ1) is 15.6. The molecule has 0 aromatic carbocycles. The van der Waals surface area contributed by atoms with E-state index < -0.39 is 0 Å². The van der Waals surface area contributed by atoms with Crippen molar-refractivity contribution >= 4 is 5.84 Å². The third kappa shape index (κ3) is 3.66. The molecule has 1 aliphatic carbocycles. The maximum Gasteiger partial charge on any atom is 0.144 e. The van der Waals surface area contributed by atoms with Crippen molar-refractivity contribution in [2.75, 3.05) is 13.1 Å². The second-order valence-electron chi connectivity index (χ2n) is 7.26. The van der Waals surface area contributed by atoms with Gasteiger partial charge < -0.3 is 15.8 Å². The average Bonchev–Trinajstić information content (AvgIpc) is 2.86. The number of hydrogen-bond donors (Lipinski definition) is 2. The third-order valence-electron chi connectivity index (χ3n) is 5.42. The molecule has 0 aromatic heterocycles. The van der Waals surface area contributed by atoms with Crippen LogP contribution in [0.3, 0.4) is 0 Å². The van der Waals surface area contributed by atoms with E-state index in [1.54, 1.807) is 0 Å². The Bertz CT molecular complexity index is 341. The molecule has 2 unspecified atom stereocenters. The highest BCUT2D eigenvalue weighted by Gasteiger charge is 2.35. The smallest absolute Gasteiger partial charge is 0.144 e. The van der Waals surface area contributed by atoms with E-state index in [-0.39, 0.29) is 5.41 Å². The standard InChI is InChI=1S/C16H31N3O/c1-16(2,15(17)18-20)10-5-6-11-19-12-9-13-7-3-4-8-14(13)19/h13-14,20H,3-12H2,1-2H3,(H2,17,18). The zero-order chi connectivity index (χ0) is 14.6. The number of amidine groups is 1. The van der Waals surface area contributed by atoms with Gasteiger partial charge in [-0.25, -0.2) is 0 Å². The number of nitrogens with zero attached hydrogens (tertiary/aromatic N) is 2. The van der Waals surface area contributed by atoms with Crippen LogP contribution in [0.15, 0.2) is 5.16 Å². The lowest BCUT2D eigenvalue weighted by molar-refractivity contribution is 0.178.